The summed E-state index contributed by atoms with van der Waals surface area (Å²) in [5.41, 5.74) is 0. The minimum absolute atomic E-state index is 0.346. The zero-order chi connectivity index (χ0) is 12.3. The van der Waals surface area contributed by atoms with Gasteiger partial charge in [-0.15, -0.1) is 11.8 Å². The molecule has 0 atom stereocenters. The lowest BCUT2D eigenvalue weighted by Gasteiger charge is -2.15. The fourth-order valence-electron chi connectivity index (χ4n) is 1.83. The predicted molar refractivity (Wildman–Crippen MR) is 74.8 cm³/mol. The molecule has 1 heterocycles. The topological polar surface area (TPSA) is 37.8 Å². The van der Waals surface area contributed by atoms with Gasteiger partial charge in [-0.3, -0.25) is 4.98 Å². The molecule has 2 aromatic rings. The van der Waals surface area contributed by atoms with Crippen LogP contribution in [0.4, 0.5) is 5.82 Å². The van der Waals surface area contributed by atoms with Crippen molar-refractivity contribution in [3.8, 4) is 0 Å². The molecule has 1 aliphatic carbocycles. The maximum absolute atomic E-state index is 4.23. The third kappa shape index (κ3) is 2.82. The zero-order valence-electron chi connectivity index (χ0n) is 10.0. The highest BCUT2D eigenvalue weighted by atomic mass is 32.2. The third-order valence-corrected chi connectivity index (χ3v) is 4.53. The summed E-state index contributed by atoms with van der Waals surface area (Å²) in [6.45, 7) is 0.950. The lowest BCUT2D eigenvalue weighted by molar-refractivity contribution is 0.933. The van der Waals surface area contributed by atoms with Crippen LogP contribution in [0.2, 0.25) is 0 Å². The van der Waals surface area contributed by atoms with Gasteiger partial charge in [0.15, 0.2) is 0 Å². The molecule has 0 bridgehead atoms. The van der Waals surface area contributed by atoms with Gasteiger partial charge in [0.2, 0.25) is 0 Å². The first kappa shape index (κ1) is 11.5. The molecule has 0 spiro atoms. The largest absolute Gasteiger partial charge is 0.367 e. The van der Waals surface area contributed by atoms with Crippen LogP contribution in [0.3, 0.4) is 0 Å². The number of nitrogens with one attached hydrogen (secondary N) is 1. The molecule has 4 heteroatoms. The van der Waals surface area contributed by atoms with Crippen LogP contribution in [0.15, 0.2) is 53.8 Å². The Hall–Kier alpha value is -1.55. The lowest BCUT2D eigenvalue weighted by atomic mass is 10.4. The van der Waals surface area contributed by atoms with Crippen molar-refractivity contribution < 1.29 is 0 Å². The van der Waals surface area contributed by atoms with Gasteiger partial charge >= 0.3 is 0 Å². The maximum atomic E-state index is 4.23. The van der Waals surface area contributed by atoms with Gasteiger partial charge < -0.3 is 5.32 Å². The van der Waals surface area contributed by atoms with Gasteiger partial charge in [-0.25, -0.2) is 4.98 Å². The molecule has 0 aliphatic heterocycles. The molecule has 0 saturated heterocycles. The SMILES string of the molecule is c1ccc(SC2(CNc3cnccn3)CC2)cc1. The van der Waals surface area contributed by atoms with E-state index in [-0.39, 0.29) is 0 Å². The lowest BCUT2D eigenvalue weighted by Crippen LogP contribution is -2.18. The van der Waals surface area contributed by atoms with Gasteiger partial charge in [-0.1, -0.05) is 18.2 Å². The first-order chi connectivity index (χ1) is 8.86. The first-order valence-corrected chi connectivity index (χ1v) is 6.92. The highest BCUT2D eigenvalue weighted by Gasteiger charge is 2.43. The summed E-state index contributed by atoms with van der Waals surface area (Å²) in [7, 11) is 0. The van der Waals surface area contributed by atoms with Crippen molar-refractivity contribution in [1.29, 1.82) is 0 Å². The number of hydrogen-bond donors (Lipinski definition) is 1. The number of thioether (sulfide) groups is 1. The van der Waals surface area contributed by atoms with Crippen molar-refractivity contribution in [3.05, 3.63) is 48.9 Å². The first-order valence-electron chi connectivity index (χ1n) is 6.10. The second-order valence-electron chi connectivity index (χ2n) is 4.54. The average Bonchev–Trinajstić information content (AvgIpc) is 3.19. The number of benzene rings is 1. The zero-order valence-corrected chi connectivity index (χ0v) is 10.9. The van der Waals surface area contributed by atoms with E-state index in [0.29, 0.717) is 4.75 Å². The van der Waals surface area contributed by atoms with Gasteiger partial charge in [0.25, 0.3) is 0 Å². The Balaban J connectivity index is 1.59. The van der Waals surface area contributed by atoms with E-state index in [4.69, 9.17) is 0 Å². The van der Waals surface area contributed by atoms with Crippen LogP contribution in [0.5, 0.6) is 0 Å². The molecule has 1 aromatic heterocycles. The van der Waals surface area contributed by atoms with E-state index in [1.54, 1.807) is 18.6 Å². The molecular weight excluding hydrogens is 242 g/mol. The molecule has 1 aliphatic rings. The average molecular weight is 257 g/mol. The van der Waals surface area contributed by atoms with Crippen LogP contribution < -0.4 is 5.32 Å². The van der Waals surface area contributed by atoms with Crippen molar-refractivity contribution >= 4 is 17.6 Å². The maximum Gasteiger partial charge on any atom is 0.144 e. The molecule has 3 nitrogen and oxygen atoms in total. The summed E-state index contributed by atoms with van der Waals surface area (Å²) >= 11 is 1.97. The normalized spacial score (nSPS) is 16.2. The van der Waals surface area contributed by atoms with Crippen molar-refractivity contribution in [2.45, 2.75) is 22.5 Å². The van der Waals surface area contributed by atoms with Crippen LogP contribution in [-0.4, -0.2) is 21.3 Å². The summed E-state index contributed by atoms with van der Waals surface area (Å²) in [5.74, 6) is 0.859. The van der Waals surface area contributed by atoms with Crippen LogP contribution in [-0.2, 0) is 0 Å². The monoisotopic (exact) mass is 257 g/mol. The van der Waals surface area contributed by atoms with E-state index in [1.807, 2.05) is 11.8 Å². The van der Waals surface area contributed by atoms with Crippen LogP contribution in [0.1, 0.15) is 12.8 Å². The molecule has 0 amide bonds. The fraction of sp³-hybridized carbons (Fsp3) is 0.286. The van der Waals surface area contributed by atoms with E-state index in [0.717, 1.165) is 12.4 Å². The molecule has 3 rings (SSSR count). The smallest absolute Gasteiger partial charge is 0.144 e. The van der Waals surface area contributed by atoms with E-state index >= 15 is 0 Å². The van der Waals surface area contributed by atoms with E-state index in [9.17, 15) is 0 Å². The highest BCUT2D eigenvalue weighted by molar-refractivity contribution is 8.01. The molecule has 1 fully saturated rings. The molecule has 18 heavy (non-hydrogen) atoms. The third-order valence-electron chi connectivity index (χ3n) is 3.04. The fourth-order valence-corrected chi connectivity index (χ4v) is 3.08. The second-order valence-corrected chi connectivity index (χ2v) is 6.08. The van der Waals surface area contributed by atoms with Crippen LogP contribution >= 0.6 is 11.8 Å². The summed E-state index contributed by atoms with van der Waals surface area (Å²) in [6.07, 6.45) is 7.70. The molecule has 0 radical (unpaired) electrons. The highest BCUT2D eigenvalue weighted by Crippen LogP contribution is 2.51. The van der Waals surface area contributed by atoms with Crippen molar-refractivity contribution in [2.75, 3.05) is 11.9 Å². The van der Waals surface area contributed by atoms with Crippen LogP contribution in [0, 0.1) is 0 Å². The van der Waals surface area contributed by atoms with Crippen molar-refractivity contribution in [2.24, 2.45) is 0 Å². The molecule has 1 N–H and O–H groups in total. The Bertz CT molecular complexity index is 497. The number of aromatic nitrogens is 2. The Morgan fingerprint density at radius 3 is 2.67 bits per heavy atom. The molecule has 1 aromatic carbocycles. The standard InChI is InChI=1S/C14H15N3S/c1-2-4-12(5-3-1)18-14(6-7-14)11-17-13-10-15-8-9-16-13/h1-5,8-10H,6-7,11H2,(H,16,17). The predicted octanol–water partition coefficient (Wildman–Crippen LogP) is 3.21. The molecule has 1 saturated carbocycles. The summed E-state index contributed by atoms with van der Waals surface area (Å²) in [5, 5.41) is 3.37. The van der Waals surface area contributed by atoms with Gasteiger partial charge in [0.05, 0.1) is 6.20 Å². The van der Waals surface area contributed by atoms with Gasteiger partial charge in [0, 0.05) is 28.6 Å². The van der Waals surface area contributed by atoms with Gasteiger partial charge in [0.1, 0.15) is 5.82 Å². The Morgan fingerprint density at radius 1 is 1.17 bits per heavy atom. The van der Waals surface area contributed by atoms with Crippen molar-refractivity contribution in [1.82, 2.24) is 9.97 Å². The minimum Gasteiger partial charge on any atom is -0.367 e. The Labute approximate surface area is 111 Å². The summed E-state index contributed by atoms with van der Waals surface area (Å²) < 4.78 is 0.346. The molecule has 0 unspecified atom stereocenters. The van der Waals surface area contributed by atoms with Gasteiger partial charge in [-0.2, -0.15) is 0 Å². The quantitative estimate of drug-likeness (QED) is 0.892. The van der Waals surface area contributed by atoms with E-state index < -0.39 is 0 Å². The van der Waals surface area contributed by atoms with Gasteiger partial charge in [-0.05, 0) is 25.0 Å². The molecule has 92 valence electrons. The number of rotatable bonds is 5. The van der Waals surface area contributed by atoms with E-state index in [2.05, 4.69) is 45.6 Å². The number of anilines is 1. The van der Waals surface area contributed by atoms with Crippen LogP contribution in [0.25, 0.3) is 0 Å². The molecular formula is C14H15N3S. The summed E-state index contributed by atoms with van der Waals surface area (Å²) in [6, 6.07) is 10.6. The minimum atomic E-state index is 0.346. The Morgan fingerprint density at radius 2 is 2.00 bits per heavy atom. The van der Waals surface area contributed by atoms with E-state index in [1.165, 1.54) is 17.7 Å². The Kier molecular flexibility index (Phi) is 3.19. The second kappa shape index (κ2) is 4.98. The number of nitrogens with zero attached hydrogens (tertiary/aromatic N) is 2. The number of hydrogen-bond acceptors (Lipinski definition) is 4. The van der Waals surface area contributed by atoms with Crippen molar-refractivity contribution in [3.63, 3.8) is 0 Å². The summed E-state index contributed by atoms with van der Waals surface area (Å²) in [4.78, 5) is 9.64.